The van der Waals surface area contributed by atoms with Crippen molar-refractivity contribution < 1.29 is 9.84 Å². The zero-order valence-corrected chi connectivity index (χ0v) is 9.80. The van der Waals surface area contributed by atoms with Gasteiger partial charge in [-0.15, -0.1) is 0 Å². The molecule has 1 heterocycles. The van der Waals surface area contributed by atoms with Crippen molar-refractivity contribution in [3.63, 3.8) is 0 Å². The quantitative estimate of drug-likeness (QED) is 0.844. The molecule has 2 rings (SSSR count). The first-order valence-corrected chi connectivity index (χ1v) is 6.11. The minimum atomic E-state index is -0.224. The van der Waals surface area contributed by atoms with Crippen LogP contribution in [0.2, 0.25) is 0 Å². The fourth-order valence-electron chi connectivity index (χ4n) is 2.43. The highest BCUT2D eigenvalue weighted by Gasteiger charge is 2.30. The van der Waals surface area contributed by atoms with Crippen LogP contribution in [-0.2, 0) is 11.2 Å². The van der Waals surface area contributed by atoms with E-state index >= 15 is 0 Å². The van der Waals surface area contributed by atoms with Crippen molar-refractivity contribution in [3.05, 3.63) is 35.9 Å². The normalized spacial score (nSPS) is 26.9. The molecule has 3 atom stereocenters. The summed E-state index contributed by atoms with van der Waals surface area (Å²) < 4.78 is 5.48. The first kappa shape index (κ1) is 11.6. The lowest BCUT2D eigenvalue weighted by atomic mass is 9.91. The van der Waals surface area contributed by atoms with Crippen LogP contribution in [0.15, 0.2) is 30.3 Å². The van der Waals surface area contributed by atoms with E-state index in [9.17, 15) is 5.11 Å². The summed E-state index contributed by atoms with van der Waals surface area (Å²) in [4.78, 5) is 0. The Morgan fingerprint density at radius 3 is 2.75 bits per heavy atom. The molecule has 1 aliphatic rings. The number of rotatable bonds is 4. The van der Waals surface area contributed by atoms with E-state index in [1.54, 1.807) is 0 Å². The number of ether oxygens (including phenoxy) is 1. The highest BCUT2D eigenvalue weighted by molar-refractivity contribution is 5.14. The molecule has 2 heteroatoms. The van der Waals surface area contributed by atoms with Gasteiger partial charge in [-0.3, -0.25) is 0 Å². The van der Waals surface area contributed by atoms with Crippen LogP contribution in [0.25, 0.3) is 0 Å². The maximum atomic E-state index is 10.1. The maximum Gasteiger partial charge on any atom is 0.0600 e. The van der Waals surface area contributed by atoms with Gasteiger partial charge in [0, 0.05) is 12.5 Å². The maximum absolute atomic E-state index is 10.1. The Morgan fingerprint density at radius 1 is 1.38 bits per heavy atom. The summed E-state index contributed by atoms with van der Waals surface area (Å²) in [6.45, 7) is 2.86. The predicted octanol–water partition coefficient (Wildman–Crippen LogP) is 2.41. The first-order valence-electron chi connectivity index (χ1n) is 6.11. The summed E-state index contributed by atoms with van der Waals surface area (Å²) in [5, 5.41) is 10.1. The van der Waals surface area contributed by atoms with Gasteiger partial charge >= 0.3 is 0 Å². The van der Waals surface area contributed by atoms with E-state index in [0.29, 0.717) is 5.92 Å². The zero-order valence-electron chi connectivity index (χ0n) is 9.80. The van der Waals surface area contributed by atoms with Crippen LogP contribution in [-0.4, -0.2) is 23.9 Å². The second kappa shape index (κ2) is 5.46. The fraction of sp³-hybridized carbons (Fsp3) is 0.571. The molecule has 0 aliphatic carbocycles. The SMILES string of the molecule is CC1OCCC1C(O)CCc1ccccc1. The van der Waals surface area contributed by atoms with Crippen molar-refractivity contribution in [1.29, 1.82) is 0 Å². The Hall–Kier alpha value is -0.860. The highest BCUT2D eigenvalue weighted by atomic mass is 16.5. The van der Waals surface area contributed by atoms with Gasteiger partial charge in [0.1, 0.15) is 0 Å². The van der Waals surface area contributed by atoms with Crippen LogP contribution in [0.5, 0.6) is 0 Å². The second-order valence-corrected chi connectivity index (χ2v) is 4.62. The molecule has 0 aromatic heterocycles. The van der Waals surface area contributed by atoms with Gasteiger partial charge in [-0.1, -0.05) is 30.3 Å². The van der Waals surface area contributed by atoms with E-state index < -0.39 is 0 Å². The Labute approximate surface area is 97.3 Å². The molecule has 1 aromatic rings. The molecule has 16 heavy (non-hydrogen) atoms. The van der Waals surface area contributed by atoms with Gasteiger partial charge in [0.15, 0.2) is 0 Å². The van der Waals surface area contributed by atoms with Crippen molar-refractivity contribution in [2.45, 2.75) is 38.4 Å². The summed E-state index contributed by atoms with van der Waals surface area (Å²) in [7, 11) is 0. The molecule has 1 aliphatic heterocycles. The summed E-state index contributed by atoms with van der Waals surface area (Å²) in [5.41, 5.74) is 1.30. The lowest BCUT2D eigenvalue weighted by Crippen LogP contribution is -2.26. The van der Waals surface area contributed by atoms with Crippen LogP contribution in [0.1, 0.15) is 25.3 Å². The molecule has 0 bridgehead atoms. The van der Waals surface area contributed by atoms with Crippen LogP contribution in [0.4, 0.5) is 0 Å². The third kappa shape index (κ3) is 2.83. The molecule has 88 valence electrons. The molecular formula is C14H20O2. The van der Waals surface area contributed by atoms with Gasteiger partial charge in [0.25, 0.3) is 0 Å². The summed E-state index contributed by atoms with van der Waals surface area (Å²) in [5.74, 6) is 0.323. The fourth-order valence-corrected chi connectivity index (χ4v) is 2.43. The predicted molar refractivity (Wildman–Crippen MR) is 64.3 cm³/mol. The minimum Gasteiger partial charge on any atom is -0.393 e. The zero-order chi connectivity index (χ0) is 11.4. The highest BCUT2D eigenvalue weighted by Crippen LogP contribution is 2.26. The molecule has 0 radical (unpaired) electrons. The average Bonchev–Trinajstić information content (AvgIpc) is 2.74. The molecule has 0 saturated carbocycles. The Kier molecular flexibility index (Phi) is 3.97. The summed E-state index contributed by atoms with van der Waals surface area (Å²) in [6.07, 6.45) is 2.77. The van der Waals surface area contributed by atoms with E-state index in [-0.39, 0.29) is 12.2 Å². The number of aryl methyl sites for hydroxylation is 1. The van der Waals surface area contributed by atoms with Crippen LogP contribution in [0, 0.1) is 5.92 Å². The van der Waals surface area contributed by atoms with Gasteiger partial charge in [0.2, 0.25) is 0 Å². The molecule has 1 saturated heterocycles. The first-order chi connectivity index (χ1) is 7.77. The standard InChI is InChI=1S/C14H20O2/c1-11-13(9-10-16-11)14(15)8-7-12-5-3-2-4-6-12/h2-6,11,13-15H,7-10H2,1H3. The lowest BCUT2D eigenvalue weighted by Gasteiger charge is -2.20. The van der Waals surface area contributed by atoms with Gasteiger partial charge in [-0.05, 0) is 31.7 Å². The van der Waals surface area contributed by atoms with Crippen molar-refractivity contribution in [1.82, 2.24) is 0 Å². The number of benzene rings is 1. The van der Waals surface area contributed by atoms with Crippen molar-refractivity contribution >= 4 is 0 Å². The van der Waals surface area contributed by atoms with Gasteiger partial charge in [0.05, 0.1) is 12.2 Å². The molecule has 1 aromatic carbocycles. The van der Waals surface area contributed by atoms with Gasteiger partial charge < -0.3 is 9.84 Å². The van der Waals surface area contributed by atoms with E-state index in [0.717, 1.165) is 25.9 Å². The summed E-state index contributed by atoms with van der Waals surface area (Å²) >= 11 is 0. The smallest absolute Gasteiger partial charge is 0.0600 e. The Balaban J connectivity index is 1.81. The molecule has 2 nitrogen and oxygen atoms in total. The molecule has 1 fully saturated rings. The molecule has 3 unspecified atom stereocenters. The number of hydrogen-bond donors (Lipinski definition) is 1. The van der Waals surface area contributed by atoms with E-state index in [4.69, 9.17) is 4.74 Å². The summed E-state index contributed by atoms with van der Waals surface area (Å²) in [6, 6.07) is 10.3. The largest absolute Gasteiger partial charge is 0.393 e. The molecular weight excluding hydrogens is 200 g/mol. The second-order valence-electron chi connectivity index (χ2n) is 4.62. The third-order valence-electron chi connectivity index (χ3n) is 3.50. The molecule has 0 amide bonds. The van der Waals surface area contributed by atoms with Crippen LogP contribution >= 0.6 is 0 Å². The topological polar surface area (TPSA) is 29.5 Å². The van der Waals surface area contributed by atoms with E-state index in [2.05, 4.69) is 19.1 Å². The number of hydrogen-bond acceptors (Lipinski definition) is 2. The Bertz CT molecular complexity index is 310. The lowest BCUT2D eigenvalue weighted by molar-refractivity contribution is 0.0398. The van der Waals surface area contributed by atoms with Crippen molar-refractivity contribution in [3.8, 4) is 0 Å². The van der Waals surface area contributed by atoms with Gasteiger partial charge in [-0.25, -0.2) is 0 Å². The van der Waals surface area contributed by atoms with Gasteiger partial charge in [-0.2, -0.15) is 0 Å². The molecule has 1 N–H and O–H groups in total. The van der Waals surface area contributed by atoms with Crippen LogP contribution < -0.4 is 0 Å². The van der Waals surface area contributed by atoms with Crippen molar-refractivity contribution in [2.75, 3.05) is 6.61 Å². The van der Waals surface area contributed by atoms with Crippen LogP contribution in [0.3, 0.4) is 0 Å². The number of aliphatic hydroxyl groups excluding tert-OH is 1. The number of aliphatic hydroxyl groups is 1. The van der Waals surface area contributed by atoms with E-state index in [1.165, 1.54) is 5.56 Å². The third-order valence-corrected chi connectivity index (χ3v) is 3.50. The minimum absolute atomic E-state index is 0.214. The van der Waals surface area contributed by atoms with Crippen molar-refractivity contribution in [2.24, 2.45) is 5.92 Å². The monoisotopic (exact) mass is 220 g/mol. The Morgan fingerprint density at radius 2 is 2.12 bits per heavy atom. The van der Waals surface area contributed by atoms with E-state index in [1.807, 2.05) is 18.2 Å². The average molecular weight is 220 g/mol. The molecule has 0 spiro atoms.